The van der Waals surface area contributed by atoms with Crippen molar-refractivity contribution in [1.29, 1.82) is 0 Å². The second-order valence-electron chi connectivity index (χ2n) is 5.44. The molecule has 0 spiro atoms. The first-order valence-corrected chi connectivity index (χ1v) is 8.72. The summed E-state index contributed by atoms with van der Waals surface area (Å²) in [5.74, 6) is 0.742. The summed E-state index contributed by atoms with van der Waals surface area (Å²) in [6, 6.07) is 1.15. The van der Waals surface area contributed by atoms with Gasteiger partial charge in [0.1, 0.15) is 0 Å². The van der Waals surface area contributed by atoms with E-state index in [9.17, 15) is 4.79 Å². The summed E-state index contributed by atoms with van der Waals surface area (Å²) in [7, 11) is -1.07. The van der Waals surface area contributed by atoms with Crippen LogP contribution in [0.5, 0.6) is 0 Å². The van der Waals surface area contributed by atoms with Gasteiger partial charge in [0, 0.05) is 14.0 Å². The fourth-order valence-corrected chi connectivity index (χ4v) is 3.84. The highest BCUT2D eigenvalue weighted by Crippen LogP contribution is 2.33. The van der Waals surface area contributed by atoms with E-state index in [2.05, 4.69) is 26.6 Å². The first kappa shape index (κ1) is 10.7. The minimum Gasteiger partial charge on any atom is -0.294 e. The maximum Gasteiger partial charge on any atom is 0.161 e. The maximum absolute atomic E-state index is 11.8. The Morgan fingerprint density at radius 1 is 1.31 bits per heavy atom. The first-order chi connectivity index (χ1) is 5.81. The molecule has 1 aliphatic rings. The third-order valence-corrected chi connectivity index (χ3v) is 4.51. The van der Waals surface area contributed by atoms with E-state index >= 15 is 0 Å². The van der Waals surface area contributed by atoms with E-state index in [0.29, 0.717) is 11.7 Å². The fourth-order valence-electron chi connectivity index (χ4n) is 2.04. The van der Waals surface area contributed by atoms with Crippen molar-refractivity contribution in [3.8, 4) is 0 Å². The smallest absolute Gasteiger partial charge is 0.161 e. The van der Waals surface area contributed by atoms with Gasteiger partial charge in [0.15, 0.2) is 5.78 Å². The average Bonchev–Trinajstić information content (AvgIpc) is 2.15. The van der Waals surface area contributed by atoms with Crippen LogP contribution in [-0.4, -0.2) is 13.9 Å². The van der Waals surface area contributed by atoms with E-state index in [1.54, 1.807) is 0 Å². The van der Waals surface area contributed by atoms with Gasteiger partial charge in [0.2, 0.25) is 0 Å². The molecule has 0 fully saturated rings. The molecule has 74 valence electrons. The van der Waals surface area contributed by atoms with Gasteiger partial charge in [0.25, 0.3) is 0 Å². The van der Waals surface area contributed by atoms with Crippen molar-refractivity contribution in [1.82, 2.24) is 0 Å². The Bertz CT molecular complexity index is 258. The summed E-state index contributed by atoms with van der Waals surface area (Å²) < 4.78 is 0. The van der Waals surface area contributed by atoms with Gasteiger partial charge in [-0.25, -0.2) is 0 Å². The van der Waals surface area contributed by atoms with E-state index in [1.165, 1.54) is 5.57 Å². The van der Waals surface area contributed by atoms with Crippen molar-refractivity contribution in [3.63, 3.8) is 0 Å². The van der Waals surface area contributed by atoms with Crippen LogP contribution < -0.4 is 0 Å². The lowest BCUT2D eigenvalue weighted by Gasteiger charge is -2.20. The molecule has 1 nitrogen and oxygen atoms in total. The zero-order chi connectivity index (χ0) is 10.2. The van der Waals surface area contributed by atoms with Gasteiger partial charge in [0.05, 0.1) is 0 Å². The van der Waals surface area contributed by atoms with E-state index < -0.39 is 8.07 Å². The molecule has 2 heteroatoms. The van der Waals surface area contributed by atoms with Gasteiger partial charge in [-0.05, 0) is 31.9 Å². The van der Waals surface area contributed by atoms with E-state index in [4.69, 9.17) is 0 Å². The summed E-state index contributed by atoms with van der Waals surface area (Å²) in [5, 5.41) is 0. The number of carbonyl (C=O) groups excluding carboxylic acids is 1. The predicted molar refractivity (Wildman–Crippen MR) is 59.6 cm³/mol. The van der Waals surface area contributed by atoms with Crippen LogP contribution in [0.25, 0.3) is 0 Å². The average molecular weight is 196 g/mol. The van der Waals surface area contributed by atoms with Crippen LogP contribution in [0.1, 0.15) is 20.3 Å². The van der Waals surface area contributed by atoms with Gasteiger partial charge in [-0.1, -0.05) is 25.2 Å². The second-order valence-corrected chi connectivity index (χ2v) is 11.0. The monoisotopic (exact) mass is 196 g/mol. The molecule has 1 unspecified atom stereocenters. The molecule has 1 aliphatic carbocycles. The third kappa shape index (κ3) is 2.53. The molecule has 0 amide bonds. The highest BCUT2D eigenvalue weighted by atomic mass is 28.3. The first-order valence-electron chi connectivity index (χ1n) is 5.02. The number of allylic oxidation sites excluding steroid dienone is 2. The topological polar surface area (TPSA) is 17.1 Å². The lowest BCUT2D eigenvalue weighted by atomic mass is 10.1. The molecule has 0 aromatic rings. The summed E-state index contributed by atoms with van der Waals surface area (Å²) >= 11 is 0. The van der Waals surface area contributed by atoms with Gasteiger partial charge in [-0.2, -0.15) is 0 Å². The lowest BCUT2D eigenvalue weighted by Crippen LogP contribution is -2.26. The SMILES string of the molecule is CC1=C(C)C(=O)C(C[Si](C)(C)C)C1. The number of hydrogen-bond donors (Lipinski definition) is 0. The quantitative estimate of drug-likeness (QED) is 0.620. The molecule has 0 aliphatic heterocycles. The van der Waals surface area contributed by atoms with Crippen LogP contribution in [0.4, 0.5) is 0 Å². The maximum atomic E-state index is 11.8. The Morgan fingerprint density at radius 3 is 2.15 bits per heavy atom. The highest BCUT2D eigenvalue weighted by molar-refractivity contribution is 6.76. The number of Topliss-reactive ketones (excluding diaryl/α,β-unsaturated/α-hetero) is 1. The van der Waals surface area contributed by atoms with Crippen molar-refractivity contribution in [2.24, 2.45) is 5.92 Å². The number of carbonyl (C=O) groups is 1. The largest absolute Gasteiger partial charge is 0.294 e. The Labute approximate surface area is 82.2 Å². The van der Waals surface area contributed by atoms with Crippen molar-refractivity contribution in [3.05, 3.63) is 11.1 Å². The molecule has 0 N–H and O–H groups in total. The molecule has 13 heavy (non-hydrogen) atoms. The van der Waals surface area contributed by atoms with Crippen LogP contribution in [-0.2, 0) is 4.79 Å². The van der Waals surface area contributed by atoms with Gasteiger partial charge in [-0.15, -0.1) is 0 Å². The number of hydrogen-bond acceptors (Lipinski definition) is 1. The normalized spacial score (nSPS) is 24.4. The number of ketones is 1. The van der Waals surface area contributed by atoms with Crippen LogP contribution in [0.15, 0.2) is 11.1 Å². The van der Waals surface area contributed by atoms with Crippen molar-refractivity contribution in [2.45, 2.75) is 46.0 Å². The molecule has 0 heterocycles. The summed E-state index contributed by atoms with van der Waals surface area (Å²) in [6.07, 6.45) is 1.02. The van der Waals surface area contributed by atoms with Crippen LogP contribution in [0, 0.1) is 5.92 Å². The van der Waals surface area contributed by atoms with Gasteiger partial charge < -0.3 is 0 Å². The van der Waals surface area contributed by atoms with Gasteiger partial charge >= 0.3 is 0 Å². The van der Waals surface area contributed by atoms with E-state index in [1.807, 2.05) is 6.92 Å². The molecule has 0 bridgehead atoms. The molecule has 0 aromatic heterocycles. The Morgan fingerprint density at radius 2 is 1.85 bits per heavy atom. The standard InChI is InChI=1S/C11H20OSi/c1-8-6-10(7-13(3,4)5)11(12)9(8)2/h10H,6-7H2,1-5H3. The minimum absolute atomic E-state index is 0.326. The highest BCUT2D eigenvalue weighted by Gasteiger charge is 2.31. The molecule has 0 radical (unpaired) electrons. The Hall–Kier alpha value is -0.373. The molecular formula is C11H20OSi. The van der Waals surface area contributed by atoms with E-state index in [0.717, 1.165) is 18.0 Å². The molecule has 0 saturated heterocycles. The van der Waals surface area contributed by atoms with Crippen molar-refractivity contribution < 1.29 is 4.79 Å². The van der Waals surface area contributed by atoms with Crippen LogP contribution in [0.2, 0.25) is 25.7 Å². The van der Waals surface area contributed by atoms with Gasteiger partial charge in [-0.3, -0.25) is 4.79 Å². The number of rotatable bonds is 2. The second kappa shape index (κ2) is 3.41. The van der Waals surface area contributed by atoms with Crippen LogP contribution >= 0.6 is 0 Å². The molecular weight excluding hydrogens is 176 g/mol. The Balaban J connectivity index is 2.66. The molecule has 0 aromatic carbocycles. The summed E-state index contributed by atoms with van der Waals surface area (Å²) in [6.45, 7) is 11.1. The van der Waals surface area contributed by atoms with Crippen LogP contribution in [0.3, 0.4) is 0 Å². The zero-order valence-electron chi connectivity index (χ0n) is 9.40. The molecule has 1 atom stereocenters. The Kier molecular flexibility index (Phi) is 2.81. The lowest BCUT2D eigenvalue weighted by molar-refractivity contribution is -0.117. The predicted octanol–water partition coefficient (Wildman–Crippen LogP) is 3.25. The van der Waals surface area contributed by atoms with Crippen molar-refractivity contribution in [2.75, 3.05) is 0 Å². The zero-order valence-corrected chi connectivity index (χ0v) is 10.4. The fraction of sp³-hybridized carbons (Fsp3) is 0.727. The summed E-state index contributed by atoms with van der Waals surface area (Å²) in [4.78, 5) is 11.8. The summed E-state index contributed by atoms with van der Waals surface area (Å²) in [5.41, 5.74) is 2.34. The van der Waals surface area contributed by atoms with E-state index in [-0.39, 0.29) is 0 Å². The van der Waals surface area contributed by atoms with Crippen molar-refractivity contribution >= 4 is 13.9 Å². The minimum atomic E-state index is -1.07. The molecule has 1 rings (SSSR count). The third-order valence-electron chi connectivity index (χ3n) is 2.79. The molecule has 0 saturated carbocycles.